The summed E-state index contributed by atoms with van der Waals surface area (Å²) in [6.45, 7) is 3.11. The first kappa shape index (κ1) is 14.0. The van der Waals surface area contributed by atoms with Crippen LogP contribution in [0.4, 0.5) is 0 Å². The van der Waals surface area contributed by atoms with E-state index in [-0.39, 0.29) is 5.97 Å². The van der Waals surface area contributed by atoms with Gasteiger partial charge in [0, 0.05) is 19.1 Å². The van der Waals surface area contributed by atoms with E-state index < -0.39 is 0 Å². The molecule has 1 aliphatic heterocycles. The lowest BCUT2D eigenvalue weighted by Crippen LogP contribution is -2.43. The minimum atomic E-state index is -0.281. The summed E-state index contributed by atoms with van der Waals surface area (Å²) in [5.74, 6) is -0.281. The van der Waals surface area contributed by atoms with Crippen molar-refractivity contribution in [3.05, 3.63) is 35.4 Å². The molecule has 1 unspecified atom stereocenters. The van der Waals surface area contributed by atoms with Crippen molar-refractivity contribution in [2.45, 2.75) is 25.4 Å². The molecule has 0 spiro atoms. The lowest BCUT2D eigenvalue weighted by atomic mass is 10.1. The van der Waals surface area contributed by atoms with E-state index in [2.05, 4.69) is 17.3 Å². The van der Waals surface area contributed by atoms with Crippen LogP contribution < -0.4 is 5.32 Å². The smallest absolute Gasteiger partial charge is 0.337 e. The molecule has 4 nitrogen and oxygen atoms in total. The van der Waals surface area contributed by atoms with E-state index >= 15 is 0 Å². The Bertz CT molecular complexity index is 411. The molecule has 1 heterocycles. The molecule has 0 amide bonds. The van der Waals surface area contributed by atoms with E-state index in [9.17, 15) is 4.79 Å². The number of benzene rings is 1. The van der Waals surface area contributed by atoms with Gasteiger partial charge in [-0.05, 0) is 44.1 Å². The topological polar surface area (TPSA) is 41.6 Å². The second kappa shape index (κ2) is 6.68. The molecule has 0 aliphatic carbocycles. The Morgan fingerprint density at radius 3 is 2.74 bits per heavy atom. The minimum Gasteiger partial charge on any atom is -0.465 e. The summed E-state index contributed by atoms with van der Waals surface area (Å²) in [5, 5.41) is 3.43. The molecule has 1 fully saturated rings. The number of hydrogen-bond donors (Lipinski definition) is 1. The first-order valence-corrected chi connectivity index (χ1v) is 6.79. The first-order valence-electron chi connectivity index (χ1n) is 6.79. The molecule has 0 aromatic heterocycles. The highest BCUT2D eigenvalue weighted by Gasteiger charge is 2.17. The van der Waals surface area contributed by atoms with Gasteiger partial charge in [-0.1, -0.05) is 12.1 Å². The normalized spacial score (nSPS) is 19.4. The molecule has 1 saturated heterocycles. The highest BCUT2D eigenvalue weighted by atomic mass is 16.5. The van der Waals surface area contributed by atoms with Crippen LogP contribution in [0, 0.1) is 0 Å². The van der Waals surface area contributed by atoms with Gasteiger partial charge < -0.3 is 10.1 Å². The van der Waals surface area contributed by atoms with E-state index in [1.807, 2.05) is 24.3 Å². The summed E-state index contributed by atoms with van der Waals surface area (Å²) in [6.07, 6.45) is 2.50. The third kappa shape index (κ3) is 3.78. The predicted octanol–water partition coefficient (Wildman–Crippen LogP) is 1.66. The molecule has 0 radical (unpaired) electrons. The van der Waals surface area contributed by atoms with Crippen molar-refractivity contribution < 1.29 is 9.53 Å². The molecule has 2 rings (SSSR count). The summed E-state index contributed by atoms with van der Waals surface area (Å²) in [6, 6.07) is 8.26. The van der Waals surface area contributed by atoms with Crippen LogP contribution in [0.15, 0.2) is 24.3 Å². The molecule has 0 bridgehead atoms. The standard InChI is InChI=1S/C15H22N2O2/c1-17(14-4-3-9-16-10-14)11-12-5-7-13(8-6-12)15(18)19-2/h5-8,14,16H,3-4,9-11H2,1-2H3. The molecular formula is C15H22N2O2. The fraction of sp³-hybridized carbons (Fsp3) is 0.533. The highest BCUT2D eigenvalue weighted by Crippen LogP contribution is 2.13. The molecule has 0 saturated carbocycles. The van der Waals surface area contributed by atoms with Crippen LogP contribution in [-0.2, 0) is 11.3 Å². The lowest BCUT2D eigenvalue weighted by molar-refractivity contribution is 0.0600. The van der Waals surface area contributed by atoms with E-state index in [0.29, 0.717) is 11.6 Å². The van der Waals surface area contributed by atoms with Gasteiger partial charge in [-0.15, -0.1) is 0 Å². The number of carbonyl (C=O) groups is 1. The highest BCUT2D eigenvalue weighted by molar-refractivity contribution is 5.89. The minimum absolute atomic E-state index is 0.281. The van der Waals surface area contributed by atoms with Gasteiger partial charge in [0.2, 0.25) is 0 Å². The van der Waals surface area contributed by atoms with Crippen molar-refractivity contribution in [2.24, 2.45) is 0 Å². The summed E-state index contributed by atoms with van der Waals surface area (Å²) in [5.41, 5.74) is 1.83. The average Bonchev–Trinajstić information content (AvgIpc) is 2.48. The first-order chi connectivity index (χ1) is 9.20. The third-order valence-electron chi connectivity index (χ3n) is 3.70. The van der Waals surface area contributed by atoms with Crippen LogP contribution in [0.25, 0.3) is 0 Å². The number of piperidine rings is 1. The van der Waals surface area contributed by atoms with E-state index in [1.54, 1.807) is 0 Å². The number of ether oxygens (including phenoxy) is 1. The van der Waals surface area contributed by atoms with Crippen LogP contribution in [0.5, 0.6) is 0 Å². The van der Waals surface area contributed by atoms with Gasteiger partial charge in [-0.3, -0.25) is 4.90 Å². The number of esters is 1. The molecule has 1 aromatic carbocycles. The molecule has 104 valence electrons. The van der Waals surface area contributed by atoms with Gasteiger partial charge in [0.15, 0.2) is 0 Å². The van der Waals surface area contributed by atoms with Crippen molar-refractivity contribution in [1.82, 2.24) is 10.2 Å². The molecule has 19 heavy (non-hydrogen) atoms. The summed E-state index contributed by atoms with van der Waals surface area (Å²) in [4.78, 5) is 13.7. The van der Waals surface area contributed by atoms with Crippen molar-refractivity contribution in [1.29, 1.82) is 0 Å². The average molecular weight is 262 g/mol. The Morgan fingerprint density at radius 2 is 2.16 bits per heavy atom. The SMILES string of the molecule is COC(=O)c1ccc(CN(C)C2CCCNC2)cc1. The zero-order chi connectivity index (χ0) is 13.7. The number of nitrogens with one attached hydrogen (secondary N) is 1. The number of carbonyl (C=O) groups excluding carboxylic acids is 1. The summed E-state index contributed by atoms with van der Waals surface area (Å²) in [7, 11) is 3.56. The van der Waals surface area contributed by atoms with Crippen LogP contribution in [0.3, 0.4) is 0 Å². The monoisotopic (exact) mass is 262 g/mol. The Balaban J connectivity index is 1.93. The third-order valence-corrected chi connectivity index (χ3v) is 3.70. The van der Waals surface area contributed by atoms with Gasteiger partial charge in [0.25, 0.3) is 0 Å². The van der Waals surface area contributed by atoms with E-state index in [0.717, 1.165) is 19.6 Å². The number of methoxy groups -OCH3 is 1. The largest absolute Gasteiger partial charge is 0.465 e. The van der Waals surface area contributed by atoms with Gasteiger partial charge in [0.05, 0.1) is 12.7 Å². The quantitative estimate of drug-likeness (QED) is 0.838. The number of hydrogen-bond acceptors (Lipinski definition) is 4. The van der Waals surface area contributed by atoms with Crippen LogP contribution in [-0.4, -0.2) is 44.2 Å². The Labute approximate surface area is 114 Å². The maximum absolute atomic E-state index is 11.4. The fourth-order valence-electron chi connectivity index (χ4n) is 2.49. The van der Waals surface area contributed by atoms with Crippen molar-refractivity contribution in [3.8, 4) is 0 Å². The zero-order valence-corrected chi connectivity index (χ0v) is 11.7. The predicted molar refractivity (Wildman–Crippen MR) is 75.1 cm³/mol. The molecule has 1 aromatic rings. The van der Waals surface area contributed by atoms with E-state index in [4.69, 9.17) is 4.74 Å². The second-order valence-corrected chi connectivity index (χ2v) is 5.10. The van der Waals surface area contributed by atoms with Crippen LogP contribution >= 0.6 is 0 Å². The van der Waals surface area contributed by atoms with Crippen LogP contribution in [0.1, 0.15) is 28.8 Å². The Morgan fingerprint density at radius 1 is 1.42 bits per heavy atom. The van der Waals surface area contributed by atoms with Gasteiger partial charge in [0.1, 0.15) is 0 Å². The molecule has 1 atom stereocenters. The number of likely N-dealkylation sites (N-methyl/N-ethyl adjacent to an activating group) is 1. The maximum atomic E-state index is 11.4. The summed E-state index contributed by atoms with van der Waals surface area (Å²) < 4.78 is 4.69. The van der Waals surface area contributed by atoms with Gasteiger partial charge in [-0.2, -0.15) is 0 Å². The van der Waals surface area contributed by atoms with Crippen molar-refractivity contribution >= 4 is 5.97 Å². The molecule has 4 heteroatoms. The number of nitrogens with zero attached hydrogens (tertiary/aromatic N) is 1. The van der Waals surface area contributed by atoms with Crippen molar-refractivity contribution in [2.75, 3.05) is 27.2 Å². The van der Waals surface area contributed by atoms with E-state index in [1.165, 1.54) is 25.5 Å². The lowest BCUT2D eigenvalue weighted by Gasteiger charge is -2.31. The zero-order valence-electron chi connectivity index (χ0n) is 11.7. The Hall–Kier alpha value is -1.39. The van der Waals surface area contributed by atoms with Gasteiger partial charge in [-0.25, -0.2) is 4.79 Å². The van der Waals surface area contributed by atoms with Crippen molar-refractivity contribution in [3.63, 3.8) is 0 Å². The maximum Gasteiger partial charge on any atom is 0.337 e. The number of rotatable bonds is 4. The van der Waals surface area contributed by atoms with Crippen LogP contribution in [0.2, 0.25) is 0 Å². The summed E-state index contributed by atoms with van der Waals surface area (Å²) >= 11 is 0. The molecule has 1 aliphatic rings. The molecule has 1 N–H and O–H groups in total. The Kier molecular flexibility index (Phi) is 4.93. The van der Waals surface area contributed by atoms with Gasteiger partial charge >= 0.3 is 5.97 Å². The molecular weight excluding hydrogens is 240 g/mol. The fourth-order valence-corrected chi connectivity index (χ4v) is 2.49. The second-order valence-electron chi connectivity index (χ2n) is 5.10.